The van der Waals surface area contributed by atoms with Crippen molar-refractivity contribution in [2.24, 2.45) is 10.9 Å². The molecule has 0 spiro atoms. The largest absolute Gasteiger partial charge is 0.390 e. The number of hydrogen-bond donors (Lipinski definition) is 2. The molecular formula is C15H30F3IN4. The second-order valence-corrected chi connectivity index (χ2v) is 6.17. The smallest absolute Gasteiger partial charge is 0.356 e. The number of halogens is 4. The zero-order valence-corrected chi connectivity index (χ0v) is 16.6. The first-order valence-corrected chi connectivity index (χ1v) is 8.01. The van der Waals surface area contributed by atoms with Gasteiger partial charge in [0.05, 0.1) is 6.42 Å². The van der Waals surface area contributed by atoms with Crippen molar-refractivity contribution in [1.29, 1.82) is 0 Å². The molecule has 0 heterocycles. The van der Waals surface area contributed by atoms with Crippen molar-refractivity contribution in [3.05, 3.63) is 0 Å². The van der Waals surface area contributed by atoms with Crippen molar-refractivity contribution in [3.8, 4) is 0 Å². The van der Waals surface area contributed by atoms with Crippen LogP contribution in [0.2, 0.25) is 0 Å². The molecule has 4 nitrogen and oxygen atoms in total. The summed E-state index contributed by atoms with van der Waals surface area (Å²) in [6, 6.07) is 0.376. The number of nitrogens with zero attached hydrogens (tertiary/aromatic N) is 2. The number of likely N-dealkylation sites (N-methyl/N-ethyl adjacent to an activating group) is 1. The van der Waals surface area contributed by atoms with E-state index in [4.69, 9.17) is 0 Å². The first kappa shape index (κ1) is 22.8. The molecule has 0 aromatic carbocycles. The lowest BCUT2D eigenvalue weighted by Gasteiger charge is -2.35. The number of nitrogens with one attached hydrogen (secondary N) is 2. The van der Waals surface area contributed by atoms with Gasteiger partial charge in [0.1, 0.15) is 0 Å². The lowest BCUT2D eigenvalue weighted by molar-refractivity contribution is -0.132. The van der Waals surface area contributed by atoms with E-state index in [1.807, 2.05) is 0 Å². The van der Waals surface area contributed by atoms with Gasteiger partial charge in [0.15, 0.2) is 5.96 Å². The summed E-state index contributed by atoms with van der Waals surface area (Å²) in [5.41, 5.74) is 0. The lowest BCUT2D eigenvalue weighted by atomic mass is 9.83. The number of rotatable bonds is 6. The standard InChI is InChI=1S/C15H29F3N4.HI/c1-19-14(20-10-9-15(16,17)18)21-11-13(22(2)3)12-7-5-4-6-8-12;/h12-13H,4-11H2,1-3H3,(H2,19,20,21);1H. The summed E-state index contributed by atoms with van der Waals surface area (Å²) in [7, 11) is 5.69. The molecule has 0 amide bonds. The molecule has 1 fully saturated rings. The zero-order valence-electron chi connectivity index (χ0n) is 14.2. The van der Waals surface area contributed by atoms with Gasteiger partial charge in [-0.05, 0) is 32.9 Å². The summed E-state index contributed by atoms with van der Waals surface area (Å²) in [5.74, 6) is 1.08. The summed E-state index contributed by atoms with van der Waals surface area (Å²) < 4.78 is 36.5. The van der Waals surface area contributed by atoms with Gasteiger partial charge >= 0.3 is 6.18 Å². The molecule has 0 aromatic rings. The molecule has 8 heteroatoms. The van der Waals surface area contributed by atoms with Crippen LogP contribution >= 0.6 is 24.0 Å². The van der Waals surface area contributed by atoms with E-state index >= 15 is 0 Å². The van der Waals surface area contributed by atoms with Crippen LogP contribution in [0.25, 0.3) is 0 Å². The molecule has 1 rings (SSSR count). The van der Waals surface area contributed by atoms with E-state index in [-0.39, 0.29) is 30.5 Å². The van der Waals surface area contributed by atoms with Gasteiger partial charge in [-0.3, -0.25) is 4.99 Å². The average molecular weight is 450 g/mol. The summed E-state index contributed by atoms with van der Waals surface area (Å²) in [6.07, 6.45) is 1.31. The second kappa shape index (κ2) is 11.3. The van der Waals surface area contributed by atoms with Crippen molar-refractivity contribution in [1.82, 2.24) is 15.5 Å². The number of hydrogen-bond acceptors (Lipinski definition) is 2. The Morgan fingerprint density at radius 3 is 2.26 bits per heavy atom. The topological polar surface area (TPSA) is 39.7 Å². The predicted octanol–water partition coefficient (Wildman–Crippen LogP) is 3.23. The third-order valence-electron chi connectivity index (χ3n) is 4.26. The van der Waals surface area contributed by atoms with E-state index in [1.165, 1.54) is 32.1 Å². The molecule has 1 aliphatic carbocycles. The highest BCUT2D eigenvalue weighted by Gasteiger charge is 2.27. The summed E-state index contributed by atoms with van der Waals surface area (Å²) in [5, 5.41) is 5.89. The molecule has 1 atom stereocenters. The number of guanidine groups is 1. The fraction of sp³-hybridized carbons (Fsp3) is 0.933. The maximum Gasteiger partial charge on any atom is 0.390 e. The lowest BCUT2D eigenvalue weighted by Crippen LogP contribution is -2.48. The highest BCUT2D eigenvalue weighted by Crippen LogP contribution is 2.28. The summed E-state index contributed by atoms with van der Waals surface area (Å²) in [6.45, 7) is 0.544. The van der Waals surface area contributed by atoms with E-state index in [2.05, 4.69) is 34.6 Å². The first-order chi connectivity index (χ1) is 10.3. The van der Waals surface area contributed by atoms with Gasteiger partial charge in [0, 0.05) is 26.2 Å². The molecule has 1 aliphatic rings. The fourth-order valence-corrected chi connectivity index (χ4v) is 3.03. The minimum absolute atomic E-state index is 0. The molecule has 0 bridgehead atoms. The van der Waals surface area contributed by atoms with Crippen LogP contribution in [-0.2, 0) is 0 Å². The molecule has 23 heavy (non-hydrogen) atoms. The Balaban J connectivity index is 0.00000484. The van der Waals surface area contributed by atoms with Crippen LogP contribution < -0.4 is 10.6 Å². The molecule has 0 aromatic heterocycles. The minimum atomic E-state index is -4.14. The van der Waals surface area contributed by atoms with E-state index in [0.717, 1.165) is 0 Å². The van der Waals surface area contributed by atoms with Crippen molar-refractivity contribution >= 4 is 29.9 Å². The van der Waals surface area contributed by atoms with Crippen molar-refractivity contribution < 1.29 is 13.2 Å². The Morgan fingerprint density at radius 2 is 1.78 bits per heavy atom. The van der Waals surface area contributed by atoms with Crippen LogP contribution in [-0.4, -0.2) is 57.3 Å². The Hall–Kier alpha value is -0.250. The SMILES string of the molecule is CN=C(NCCC(F)(F)F)NCC(C1CCCCC1)N(C)C.I. The van der Waals surface area contributed by atoms with Gasteiger partial charge in [-0.1, -0.05) is 19.3 Å². The van der Waals surface area contributed by atoms with Crippen LogP contribution in [0.4, 0.5) is 13.2 Å². The molecule has 2 N–H and O–H groups in total. The Bertz CT molecular complexity index is 342. The third kappa shape index (κ3) is 9.59. The molecule has 0 aliphatic heterocycles. The summed E-state index contributed by atoms with van der Waals surface area (Å²) >= 11 is 0. The van der Waals surface area contributed by atoms with Crippen LogP contribution in [0.3, 0.4) is 0 Å². The first-order valence-electron chi connectivity index (χ1n) is 8.01. The maximum atomic E-state index is 12.2. The third-order valence-corrected chi connectivity index (χ3v) is 4.26. The van der Waals surface area contributed by atoms with Gasteiger partial charge in [0.25, 0.3) is 0 Å². The van der Waals surface area contributed by atoms with Crippen LogP contribution in [0, 0.1) is 5.92 Å². The molecule has 0 radical (unpaired) electrons. The zero-order chi connectivity index (χ0) is 16.6. The normalized spacial score (nSPS) is 18.5. The van der Waals surface area contributed by atoms with Crippen molar-refractivity contribution in [2.45, 2.75) is 50.7 Å². The fourth-order valence-electron chi connectivity index (χ4n) is 3.03. The van der Waals surface area contributed by atoms with Gasteiger partial charge in [-0.25, -0.2) is 0 Å². The molecule has 1 unspecified atom stereocenters. The molecular weight excluding hydrogens is 420 g/mol. The highest BCUT2D eigenvalue weighted by molar-refractivity contribution is 14.0. The van der Waals surface area contributed by atoms with Gasteiger partial charge < -0.3 is 15.5 Å². The van der Waals surface area contributed by atoms with Gasteiger partial charge in [0.2, 0.25) is 0 Å². The Morgan fingerprint density at radius 1 is 1.17 bits per heavy atom. The quantitative estimate of drug-likeness (QED) is 0.371. The van der Waals surface area contributed by atoms with E-state index in [1.54, 1.807) is 7.05 Å². The van der Waals surface area contributed by atoms with E-state index in [0.29, 0.717) is 24.5 Å². The van der Waals surface area contributed by atoms with Crippen molar-refractivity contribution in [2.75, 3.05) is 34.2 Å². The monoisotopic (exact) mass is 450 g/mol. The number of aliphatic imine (C=N–C) groups is 1. The van der Waals surface area contributed by atoms with E-state index < -0.39 is 12.6 Å². The Kier molecular flexibility index (Phi) is 11.2. The summed E-state index contributed by atoms with van der Waals surface area (Å²) in [4.78, 5) is 6.19. The van der Waals surface area contributed by atoms with Crippen molar-refractivity contribution in [3.63, 3.8) is 0 Å². The predicted molar refractivity (Wildman–Crippen MR) is 99.5 cm³/mol. The highest BCUT2D eigenvalue weighted by atomic mass is 127. The minimum Gasteiger partial charge on any atom is -0.356 e. The molecule has 1 saturated carbocycles. The van der Waals surface area contributed by atoms with E-state index in [9.17, 15) is 13.2 Å². The maximum absolute atomic E-state index is 12.2. The second-order valence-electron chi connectivity index (χ2n) is 6.17. The molecule has 138 valence electrons. The van der Waals surface area contributed by atoms with Crippen LogP contribution in [0.15, 0.2) is 4.99 Å². The Labute approximate surface area is 154 Å². The molecule has 0 saturated heterocycles. The van der Waals surface area contributed by atoms with Crippen LogP contribution in [0.1, 0.15) is 38.5 Å². The van der Waals surface area contributed by atoms with Gasteiger partial charge in [-0.2, -0.15) is 13.2 Å². The number of alkyl halides is 3. The van der Waals surface area contributed by atoms with Crippen LogP contribution in [0.5, 0.6) is 0 Å². The average Bonchev–Trinajstić information content (AvgIpc) is 2.45. The van der Waals surface area contributed by atoms with Gasteiger partial charge in [-0.15, -0.1) is 24.0 Å².